The highest BCUT2D eigenvalue weighted by molar-refractivity contribution is 7.92. The van der Waals surface area contributed by atoms with Gasteiger partial charge in [-0.05, 0) is 62.4 Å². The van der Waals surface area contributed by atoms with Crippen molar-refractivity contribution in [3.05, 3.63) is 88.9 Å². The van der Waals surface area contributed by atoms with Crippen LogP contribution in [0.25, 0.3) is 0 Å². The topological polar surface area (TPSA) is 98.8 Å². The predicted octanol–water partition coefficient (Wildman–Crippen LogP) is 4.97. The summed E-state index contributed by atoms with van der Waals surface area (Å²) in [5, 5.41) is 0.383. The molecule has 0 aliphatic carbocycles. The largest absolute Gasteiger partial charge is 0.494 e. The highest BCUT2D eigenvalue weighted by atomic mass is 35.5. The quantitative estimate of drug-likeness (QED) is 0.338. The van der Waals surface area contributed by atoms with Crippen molar-refractivity contribution in [2.45, 2.75) is 24.8 Å². The number of carbonyl (C=O) groups excluding carboxylic acids is 2. The van der Waals surface area contributed by atoms with Gasteiger partial charge in [0.05, 0.1) is 22.8 Å². The molecule has 0 aliphatic heterocycles. The Bertz CT molecular complexity index is 1260. The molecule has 7 nitrogen and oxygen atoms in total. The summed E-state index contributed by atoms with van der Waals surface area (Å²) in [4.78, 5) is 25.3. The van der Waals surface area contributed by atoms with E-state index in [1.807, 2.05) is 6.92 Å². The molecule has 3 aromatic rings. The Hall–Kier alpha value is -3.36. The number of halogens is 1. The van der Waals surface area contributed by atoms with Gasteiger partial charge < -0.3 is 9.47 Å². The first-order valence-electron chi connectivity index (χ1n) is 10.1. The number of ketones is 1. The van der Waals surface area contributed by atoms with Gasteiger partial charge in [0.1, 0.15) is 5.75 Å². The van der Waals surface area contributed by atoms with Crippen molar-refractivity contribution in [3.8, 4) is 5.75 Å². The van der Waals surface area contributed by atoms with E-state index in [-0.39, 0.29) is 16.1 Å². The number of ether oxygens (including phenoxy) is 2. The van der Waals surface area contributed by atoms with Gasteiger partial charge in [0.15, 0.2) is 6.10 Å². The third-order valence-corrected chi connectivity index (χ3v) is 6.22. The van der Waals surface area contributed by atoms with Crippen molar-refractivity contribution >= 4 is 39.1 Å². The smallest absolute Gasteiger partial charge is 0.340 e. The Balaban J connectivity index is 1.78. The first-order chi connectivity index (χ1) is 15.7. The van der Waals surface area contributed by atoms with E-state index in [4.69, 9.17) is 21.1 Å². The SMILES string of the molecule is CCOc1ccc(S(=O)(=O)Nc2ccccc2C(=O)OC(C)C(=O)c2cccc(Cl)c2)cc1. The zero-order valence-electron chi connectivity index (χ0n) is 17.9. The van der Waals surface area contributed by atoms with Crippen LogP contribution < -0.4 is 9.46 Å². The molecule has 172 valence electrons. The van der Waals surface area contributed by atoms with Crippen molar-refractivity contribution in [3.63, 3.8) is 0 Å². The van der Waals surface area contributed by atoms with Gasteiger partial charge in [-0.25, -0.2) is 13.2 Å². The van der Waals surface area contributed by atoms with Crippen LogP contribution in [0.15, 0.2) is 77.7 Å². The van der Waals surface area contributed by atoms with Crippen molar-refractivity contribution in [2.75, 3.05) is 11.3 Å². The summed E-state index contributed by atoms with van der Waals surface area (Å²) >= 11 is 5.92. The van der Waals surface area contributed by atoms with Gasteiger partial charge in [-0.15, -0.1) is 0 Å². The molecular weight excluding hydrogens is 466 g/mol. The van der Waals surface area contributed by atoms with Gasteiger partial charge in [0.25, 0.3) is 10.0 Å². The number of carbonyl (C=O) groups is 2. The summed E-state index contributed by atoms with van der Waals surface area (Å²) in [7, 11) is -3.99. The van der Waals surface area contributed by atoms with E-state index in [1.165, 1.54) is 37.3 Å². The molecule has 3 aromatic carbocycles. The molecule has 0 heterocycles. The van der Waals surface area contributed by atoms with E-state index in [0.717, 1.165) is 0 Å². The lowest BCUT2D eigenvalue weighted by Crippen LogP contribution is -2.25. The molecule has 0 bridgehead atoms. The molecule has 1 unspecified atom stereocenters. The summed E-state index contributed by atoms with van der Waals surface area (Å²) in [6.07, 6.45) is -1.10. The number of benzene rings is 3. The molecular formula is C24H22ClNO6S. The molecule has 0 saturated carbocycles. The van der Waals surface area contributed by atoms with Gasteiger partial charge in [-0.1, -0.05) is 35.9 Å². The van der Waals surface area contributed by atoms with E-state index in [1.54, 1.807) is 42.5 Å². The summed E-state index contributed by atoms with van der Waals surface area (Å²) in [6.45, 7) is 3.72. The van der Waals surface area contributed by atoms with Gasteiger partial charge >= 0.3 is 5.97 Å². The first kappa shape index (κ1) is 24.3. The van der Waals surface area contributed by atoms with Gasteiger partial charge in [0, 0.05) is 10.6 Å². The number of anilines is 1. The average Bonchev–Trinajstić information content (AvgIpc) is 2.79. The van der Waals surface area contributed by atoms with Crippen LogP contribution in [0.4, 0.5) is 5.69 Å². The normalized spacial score (nSPS) is 12.0. The zero-order chi connectivity index (χ0) is 24.0. The third-order valence-electron chi connectivity index (χ3n) is 4.60. The molecule has 0 aliphatic rings. The maximum absolute atomic E-state index is 12.8. The van der Waals surface area contributed by atoms with Gasteiger partial charge in [-0.3, -0.25) is 9.52 Å². The minimum absolute atomic E-state index is 0.00127. The summed E-state index contributed by atoms with van der Waals surface area (Å²) in [5.41, 5.74) is 0.295. The molecule has 0 saturated heterocycles. The second kappa shape index (κ2) is 10.5. The van der Waals surface area contributed by atoms with Gasteiger partial charge in [0.2, 0.25) is 5.78 Å². The fourth-order valence-corrected chi connectivity index (χ4v) is 4.26. The lowest BCUT2D eigenvalue weighted by atomic mass is 10.1. The van der Waals surface area contributed by atoms with E-state index in [2.05, 4.69) is 4.72 Å². The highest BCUT2D eigenvalue weighted by Crippen LogP contribution is 2.23. The van der Waals surface area contributed by atoms with Gasteiger partial charge in [-0.2, -0.15) is 0 Å². The third kappa shape index (κ3) is 6.12. The van der Waals surface area contributed by atoms with Crippen molar-refractivity contribution in [2.24, 2.45) is 0 Å². The van der Waals surface area contributed by atoms with E-state index >= 15 is 0 Å². The Morgan fingerprint density at radius 2 is 1.70 bits per heavy atom. The Morgan fingerprint density at radius 3 is 2.36 bits per heavy atom. The Morgan fingerprint density at radius 1 is 1.00 bits per heavy atom. The standard InChI is InChI=1S/C24H22ClNO6S/c1-3-31-19-11-13-20(14-12-19)33(29,30)26-22-10-5-4-9-21(22)24(28)32-16(2)23(27)17-7-6-8-18(25)15-17/h4-16,26H,3H2,1-2H3. The number of Topliss-reactive ketones (excluding diaryl/α,β-unsaturated/α-hetero) is 1. The molecule has 1 N–H and O–H groups in total. The Kier molecular flexibility index (Phi) is 7.73. The number of sulfonamides is 1. The minimum atomic E-state index is -3.99. The lowest BCUT2D eigenvalue weighted by Gasteiger charge is -2.15. The molecule has 0 spiro atoms. The molecule has 1 atom stereocenters. The summed E-state index contributed by atoms with van der Waals surface area (Å²) < 4.78 is 38.7. The molecule has 0 aromatic heterocycles. The fourth-order valence-electron chi connectivity index (χ4n) is 2.99. The minimum Gasteiger partial charge on any atom is -0.494 e. The van der Waals surface area contributed by atoms with Crippen LogP contribution in [-0.4, -0.2) is 32.9 Å². The van der Waals surface area contributed by atoms with Crippen LogP contribution in [0.2, 0.25) is 5.02 Å². The van der Waals surface area contributed by atoms with Crippen LogP contribution in [0.5, 0.6) is 5.75 Å². The number of nitrogens with one attached hydrogen (secondary N) is 1. The molecule has 0 amide bonds. The average molecular weight is 488 g/mol. The first-order valence-corrected chi connectivity index (χ1v) is 11.9. The van der Waals surface area contributed by atoms with Crippen LogP contribution >= 0.6 is 11.6 Å². The van der Waals surface area contributed by atoms with Crippen LogP contribution in [0.3, 0.4) is 0 Å². The van der Waals surface area contributed by atoms with E-state index in [9.17, 15) is 18.0 Å². The number of esters is 1. The predicted molar refractivity (Wildman–Crippen MR) is 126 cm³/mol. The maximum atomic E-state index is 12.8. The lowest BCUT2D eigenvalue weighted by molar-refractivity contribution is 0.0320. The molecule has 0 fully saturated rings. The van der Waals surface area contributed by atoms with Crippen molar-refractivity contribution < 1.29 is 27.5 Å². The van der Waals surface area contributed by atoms with Crippen LogP contribution in [0.1, 0.15) is 34.6 Å². The molecule has 3 rings (SSSR count). The number of rotatable bonds is 9. The summed E-state index contributed by atoms with van der Waals surface area (Å²) in [6, 6.07) is 18.2. The van der Waals surface area contributed by atoms with E-state index < -0.39 is 27.9 Å². The highest BCUT2D eigenvalue weighted by Gasteiger charge is 2.24. The van der Waals surface area contributed by atoms with Crippen molar-refractivity contribution in [1.82, 2.24) is 0 Å². The van der Waals surface area contributed by atoms with Crippen LogP contribution in [0, 0.1) is 0 Å². The zero-order valence-corrected chi connectivity index (χ0v) is 19.5. The number of hydrogen-bond donors (Lipinski definition) is 1. The Labute approximate surface area is 197 Å². The number of para-hydroxylation sites is 1. The molecule has 0 radical (unpaired) electrons. The second-order valence-corrected chi connectivity index (χ2v) is 9.10. The number of hydrogen-bond acceptors (Lipinski definition) is 6. The monoisotopic (exact) mass is 487 g/mol. The van der Waals surface area contributed by atoms with Crippen LogP contribution in [-0.2, 0) is 14.8 Å². The second-order valence-electron chi connectivity index (χ2n) is 6.98. The van der Waals surface area contributed by atoms with E-state index in [0.29, 0.717) is 22.9 Å². The maximum Gasteiger partial charge on any atom is 0.340 e. The molecule has 33 heavy (non-hydrogen) atoms. The summed E-state index contributed by atoms with van der Waals surface area (Å²) in [5.74, 6) is -0.736. The molecule has 9 heteroatoms. The fraction of sp³-hybridized carbons (Fsp3) is 0.167. The van der Waals surface area contributed by atoms with Crippen molar-refractivity contribution in [1.29, 1.82) is 0 Å².